The Morgan fingerprint density at radius 2 is 2.12 bits per heavy atom. The molecule has 1 heterocycles. The SMILES string of the molecule is C[C@H](NC(=O)c1cc(C(N)=O)cs1)C(=O)O. The Kier molecular flexibility index (Phi) is 3.62. The highest BCUT2D eigenvalue weighted by molar-refractivity contribution is 7.12. The smallest absolute Gasteiger partial charge is 0.325 e. The Labute approximate surface area is 95.1 Å². The predicted octanol–water partition coefficient (Wildman–Crippen LogP) is 0.0499. The van der Waals surface area contributed by atoms with Gasteiger partial charge in [-0.05, 0) is 13.0 Å². The number of hydrogen-bond acceptors (Lipinski definition) is 4. The molecule has 0 aliphatic heterocycles. The Morgan fingerprint density at radius 1 is 1.50 bits per heavy atom. The average molecular weight is 242 g/mol. The summed E-state index contributed by atoms with van der Waals surface area (Å²) in [6.45, 7) is 1.35. The number of carbonyl (C=O) groups excluding carboxylic acids is 2. The lowest BCUT2D eigenvalue weighted by atomic mass is 10.3. The fourth-order valence-corrected chi connectivity index (χ4v) is 1.71. The zero-order chi connectivity index (χ0) is 12.3. The zero-order valence-electron chi connectivity index (χ0n) is 8.39. The lowest BCUT2D eigenvalue weighted by Gasteiger charge is -2.07. The summed E-state index contributed by atoms with van der Waals surface area (Å²) in [5, 5.41) is 12.3. The van der Waals surface area contributed by atoms with Gasteiger partial charge in [-0.2, -0.15) is 0 Å². The van der Waals surface area contributed by atoms with E-state index in [1.165, 1.54) is 18.4 Å². The maximum atomic E-state index is 11.5. The first-order valence-electron chi connectivity index (χ1n) is 4.34. The molecule has 16 heavy (non-hydrogen) atoms. The lowest BCUT2D eigenvalue weighted by Crippen LogP contribution is -2.37. The quantitative estimate of drug-likeness (QED) is 0.692. The molecule has 0 spiro atoms. The number of carboxylic acid groups (broad SMARTS) is 1. The molecule has 0 saturated carbocycles. The molecule has 0 radical (unpaired) electrons. The Balaban J connectivity index is 2.73. The first kappa shape index (κ1) is 12.2. The number of primary amides is 1. The van der Waals surface area contributed by atoms with Crippen molar-refractivity contribution in [3.05, 3.63) is 21.9 Å². The van der Waals surface area contributed by atoms with Crippen molar-refractivity contribution in [3.63, 3.8) is 0 Å². The van der Waals surface area contributed by atoms with Crippen LogP contribution in [-0.2, 0) is 4.79 Å². The lowest BCUT2D eigenvalue weighted by molar-refractivity contribution is -0.138. The van der Waals surface area contributed by atoms with Gasteiger partial charge >= 0.3 is 5.97 Å². The first-order valence-corrected chi connectivity index (χ1v) is 5.21. The van der Waals surface area contributed by atoms with Gasteiger partial charge in [0.1, 0.15) is 6.04 Å². The highest BCUT2D eigenvalue weighted by Crippen LogP contribution is 2.14. The predicted molar refractivity (Wildman–Crippen MR) is 57.4 cm³/mol. The molecule has 0 saturated heterocycles. The molecule has 7 heteroatoms. The van der Waals surface area contributed by atoms with Crippen LogP contribution in [0.3, 0.4) is 0 Å². The second-order valence-electron chi connectivity index (χ2n) is 3.10. The van der Waals surface area contributed by atoms with Crippen LogP contribution in [0.1, 0.15) is 27.0 Å². The molecule has 6 nitrogen and oxygen atoms in total. The van der Waals surface area contributed by atoms with E-state index in [9.17, 15) is 14.4 Å². The molecule has 0 aromatic carbocycles. The van der Waals surface area contributed by atoms with E-state index in [4.69, 9.17) is 10.8 Å². The van der Waals surface area contributed by atoms with E-state index in [2.05, 4.69) is 5.32 Å². The molecule has 1 atom stereocenters. The summed E-state index contributed by atoms with van der Waals surface area (Å²) < 4.78 is 0. The third kappa shape index (κ3) is 2.80. The zero-order valence-corrected chi connectivity index (χ0v) is 9.21. The van der Waals surface area contributed by atoms with Crippen LogP contribution in [0, 0.1) is 0 Å². The number of thiophene rings is 1. The summed E-state index contributed by atoms with van der Waals surface area (Å²) in [6.07, 6.45) is 0. The van der Waals surface area contributed by atoms with Crippen LogP contribution in [0.4, 0.5) is 0 Å². The Bertz CT molecular complexity index is 440. The average Bonchev–Trinajstić information content (AvgIpc) is 2.65. The molecule has 4 N–H and O–H groups in total. The molecule has 1 aromatic rings. The van der Waals surface area contributed by atoms with Gasteiger partial charge in [0, 0.05) is 5.38 Å². The van der Waals surface area contributed by atoms with Crippen LogP contribution in [0.5, 0.6) is 0 Å². The second-order valence-corrected chi connectivity index (χ2v) is 4.01. The highest BCUT2D eigenvalue weighted by Gasteiger charge is 2.17. The minimum absolute atomic E-state index is 0.234. The van der Waals surface area contributed by atoms with Crippen LogP contribution in [0.25, 0.3) is 0 Å². The van der Waals surface area contributed by atoms with Crippen LogP contribution in [0.15, 0.2) is 11.4 Å². The standard InChI is InChI=1S/C9H10N2O4S/c1-4(9(14)15)11-8(13)6-2-5(3-16-6)7(10)12/h2-4H,1H3,(H2,10,12)(H,11,13)(H,14,15)/t4-/m0/s1. The van der Waals surface area contributed by atoms with Gasteiger partial charge in [-0.25, -0.2) is 0 Å². The molecule has 86 valence electrons. The molecule has 1 aromatic heterocycles. The third-order valence-electron chi connectivity index (χ3n) is 1.83. The number of nitrogens with one attached hydrogen (secondary N) is 1. The summed E-state index contributed by atoms with van der Waals surface area (Å²) >= 11 is 1.03. The molecule has 0 aliphatic carbocycles. The van der Waals surface area contributed by atoms with E-state index >= 15 is 0 Å². The van der Waals surface area contributed by atoms with Crippen LogP contribution in [-0.4, -0.2) is 28.9 Å². The second kappa shape index (κ2) is 4.75. The van der Waals surface area contributed by atoms with Gasteiger partial charge in [0.05, 0.1) is 10.4 Å². The van der Waals surface area contributed by atoms with Crippen molar-refractivity contribution in [1.82, 2.24) is 5.32 Å². The van der Waals surface area contributed by atoms with Crippen molar-refractivity contribution in [2.24, 2.45) is 5.73 Å². The van der Waals surface area contributed by atoms with Crippen molar-refractivity contribution in [1.29, 1.82) is 0 Å². The highest BCUT2D eigenvalue weighted by atomic mass is 32.1. The van der Waals surface area contributed by atoms with E-state index in [0.29, 0.717) is 0 Å². The summed E-state index contributed by atoms with van der Waals surface area (Å²) in [4.78, 5) is 33.0. The van der Waals surface area contributed by atoms with Gasteiger partial charge in [0.2, 0.25) is 5.91 Å². The number of hydrogen-bond donors (Lipinski definition) is 3. The minimum Gasteiger partial charge on any atom is -0.480 e. The van der Waals surface area contributed by atoms with Crippen molar-refractivity contribution in [2.75, 3.05) is 0 Å². The molecule has 0 aliphatic rings. The number of aliphatic carboxylic acids is 1. The van der Waals surface area contributed by atoms with Crippen LogP contribution < -0.4 is 11.1 Å². The van der Waals surface area contributed by atoms with Crippen molar-refractivity contribution < 1.29 is 19.5 Å². The van der Waals surface area contributed by atoms with E-state index in [-0.39, 0.29) is 10.4 Å². The summed E-state index contributed by atoms with van der Waals surface area (Å²) in [5.41, 5.74) is 5.25. The number of rotatable bonds is 4. The van der Waals surface area contributed by atoms with Gasteiger partial charge in [0.15, 0.2) is 0 Å². The fourth-order valence-electron chi connectivity index (χ4n) is 0.914. The molecular formula is C9H10N2O4S. The fraction of sp³-hybridized carbons (Fsp3) is 0.222. The topological polar surface area (TPSA) is 109 Å². The molecule has 0 unspecified atom stereocenters. The molecule has 0 bridgehead atoms. The van der Waals surface area contributed by atoms with Crippen molar-refractivity contribution in [3.8, 4) is 0 Å². The van der Waals surface area contributed by atoms with E-state index in [1.807, 2.05) is 0 Å². The maximum Gasteiger partial charge on any atom is 0.325 e. The van der Waals surface area contributed by atoms with Crippen LogP contribution in [0.2, 0.25) is 0 Å². The number of nitrogens with two attached hydrogens (primary N) is 1. The number of carboxylic acids is 1. The monoisotopic (exact) mass is 242 g/mol. The summed E-state index contributed by atoms with van der Waals surface area (Å²) in [5.74, 6) is -2.28. The van der Waals surface area contributed by atoms with Gasteiger partial charge < -0.3 is 16.2 Å². The molecule has 1 rings (SSSR count). The van der Waals surface area contributed by atoms with Crippen LogP contribution >= 0.6 is 11.3 Å². The van der Waals surface area contributed by atoms with Gasteiger partial charge in [-0.15, -0.1) is 11.3 Å². The van der Waals surface area contributed by atoms with E-state index < -0.39 is 23.8 Å². The number of amides is 2. The molecule has 2 amide bonds. The largest absolute Gasteiger partial charge is 0.480 e. The maximum absolute atomic E-state index is 11.5. The van der Waals surface area contributed by atoms with E-state index in [0.717, 1.165) is 11.3 Å². The Hall–Kier alpha value is -1.89. The van der Waals surface area contributed by atoms with Gasteiger partial charge in [-0.3, -0.25) is 14.4 Å². The van der Waals surface area contributed by atoms with Gasteiger partial charge in [0.25, 0.3) is 5.91 Å². The summed E-state index contributed by atoms with van der Waals surface area (Å²) in [7, 11) is 0. The number of carbonyl (C=O) groups is 3. The van der Waals surface area contributed by atoms with Gasteiger partial charge in [-0.1, -0.05) is 0 Å². The van der Waals surface area contributed by atoms with Crippen molar-refractivity contribution in [2.45, 2.75) is 13.0 Å². The molecular weight excluding hydrogens is 232 g/mol. The van der Waals surface area contributed by atoms with Crippen molar-refractivity contribution >= 4 is 29.1 Å². The normalized spacial score (nSPS) is 11.8. The Morgan fingerprint density at radius 3 is 2.56 bits per heavy atom. The minimum atomic E-state index is -1.12. The van der Waals surface area contributed by atoms with E-state index in [1.54, 1.807) is 0 Å². The first-order chi connectivity index (χ1) is 7.41. The molecule has 0 fully saturated rings. The third-order valence-corrected chi connectivity index (χ3v) is 2.75. The summed E-state index contributed by atoms with van der Waals surface area (Å²) in [6, 6.07) is 0.350.